The van der Waals surface area contributed by atoms with Crippen LogP contribution >= 0.6 is 0 Å². The van der Waals surface area contributed by atoms with Crippen molar-refractivity contribution in [2.45, 2.75) is 12.5 Å². The van der Waals surface area contributed by atoms with Gasteiger partial charge in [-0.2, -0.15) is 0 Å². The Kier molecular flexibility index (Phi) is 5.71. The number of nitrogens with zero attached hydrogens (tertiary/aromatic N) is 1. The van der Waals surface area contributed by atoms with Gasteiger partial charge in [-0.3, -0.25) is 9.69 Å². The summed E-state index contributed by atoms with van der Waals surface area (Å²) in [4.78, 5) is 25.3. The third-order valence-electron chi connectivity index (χ3n) is 3.49. The Morgan fingerprint density at radius 3 is 2.52 bits per heavy atom. The second-order valence-corrected chi connectivity index (χ2v) is 5.17. The summed E-state index contributed by atoms with van der Waals surface area (Å²) in [5.41, 5.74) is 0.896. The number of amides is 1. The van der Waals surface area contributed by atoms with Crippen molar-refractivity contribution in [1.29, 1.82) is 0 Å². The Hall–Kier alpha value is -1.92. The van der Waals surface area contributed by atoms with Crippen molar-refractivity contribution in [3.63, 3.8) is 0 Å². The molecule has 6 heteroatoms. The molecule has 6 nitrogen and oxygen atoms in total. The molecule has 2 rings (SSSR count). The number of aliphatic carboxylic acids is 1. The maximum Gasteiger partial charge on any atom is 0.326 e. The number of benzene rings is 1. The van der Waals surface area contributed by atoms with Gasteiger partial charge in [0.15, 0.2) is 0 Å². The molecule has 1 amide bonds. The van der Waals surface area contributed by atoms with E-state index in [2.05, 4.69) is 10.6 Å². The van der Waals surface area contributed by atoms with Crippen LogP contribution in [0.4, 0.5) is 0 Å². The minimum Gasteiger partial charge on any atom is -0.480 e. The minimum absolute atomic E-state index is 0.236. The van der Waals surface area contributed by atoms with Crippen LogP contribution in [-0.2, 0) is 16.0 Å². The van der Waals surface area contributed by atoms with E-state index in [0.29, 0.717) is 6.42 Å². The van der Waals surface area contributed by atoms with Gasteiger partial charge in [0.05, 0.1) is 6.54 Å². The Morgan fingerprint density at radius 2 is 1.90 bits per heavy atom. The molecule has 1 fully saturated rings. The Bertz CT molecular complexity index is 472. The molecule has 1 heterocycles. The molecule has 1 aromatic carbocycles. The first-order chi connectivity index (χ1) is 10.1. The lowest BCUT2D eigenvalue weighted by Gasteiger charge is -2.27. The zero-order chi connectivity index (χ0) is 15.1. The van der Waals surface area contributed by atoms with E-state index in [4.69, 9.17) is 0 Å². The smallest absolute Gasteiger partial charge is 0.326 e. The normalized spacial score (nSPS) is 17.1. The molecule has 1 unspecified atom stereocenters. The van der Waals surface area contributed by atoms with Crippen LogP contribution in [0.15, 0.2) is 30.3 Å². The molecule has 1 aromatic rings. The molecule has 0 radical (unpaired) electrons. The summed E-state index contributed by atoms with van der Waals surface area (Å²) in [6.45, 7) is 3.59. The Balaban J connectivity index is 1.86. The predicted molar refractivity (Wildman–Crippen MR) is 79.0 cm³/mol. The number of piperazine rings is 1. The Morgan fingerprint density at radius 1 is 1.24 bits per heavy atom. The van der Waals surface area contributed by atoms with Gasteiger partial charge in [-0.15, -0.1) is 0 Å². The molecule has 3 N–H and O–H groups in total. The van der Waals surface area contributed by atoms with Gasteiger partial charge in [0.25, 0.3) is 0 Å². The molecule has 0 spiro atoms. The van der Waals surface area contributed by atoms with Crippen LogP contribution in [0, 0.1) is 0 Å². The standard InChI is InChI=1S/C15H21N3O3/c19-14(11-18-8-6-16-7-9-18)17-13(15(20)21)10-12-4-2-1-3-5-12/h1-5,13,16H,6-11H2,(H,17,19)(H,20,21). The third-order valence-corrected chi connectivity index (χ3v) is 3.49. The summed E-state index contributed by atoms with van der Waals surface area (Å²) in [5, 5.41) is 15.1. The van der Waals surface area contributed by atoms with Crippen LogP contribution < -0.4 is 10.6 Å². The molecule has 0 saturated carbocycles. The van der Waals surface area contributed by atoms with E-state index in [9.17, 15) is 14.7 Å². The predicted octanol–water partition coefficient (Wildman–Crippen LogP) is -0.296. The van der Waals surface area contributed by atoms with Crippen molar-refractivity contribution >= 4 is 11.9 Å². The summed E-state index contributed by atoms with van der Waals surface area (Å²) < 4.78 is 0. The molecule has 0 aromatic heterocycles. The third kappa shape index (κ3) is 5.17. The summed E-state index contributed by atoms with van der Waals surface area (Å²) >= 11 is 0. The van der Waals surface area contributed by atoms with E-state index in [1.807, 2.05) is 35.2 Å². The van der Waals surface area contributed by atoms with E-state index < -0.39 is 12.0 Å². The van der Waals surface area contributed by atoms with Gasteiger partial charge in [-0.1, -0.05) is 30.3 Å². The first-order valence-electron chi connectivity index (χ1n) is 7.14. The molecular weight excluding hydrogens is 270 g/mol. The Labute approximate surface area is 124 Å². The van der Waals surface area contributed by atoms with Gasteiger partial charge in [0.1, 0.15) is 6.04 Å². The maximum absolute atomic E-state index is 12.0. The molecule has 1 saturated heterocycles. The molecule has 1 aliphatic heterocycles. The second-order valence-electron chi connectivity index (χ2n) is 5.17. The molecule has 21 heavy (non-hydrogen) atoms. The summed E-state index contributed by atoms with van der Waals surface area (Å²) in [6.07, 6.45) is 0.295. The van der Waals surface area contributed by atoms with Crippen molar-refractivity contribution in [1.82, 2.24) is 15.5 Å². The van der Waals surface area contributed by atoms with Crippen molar-refractivity contribution < 1.29 is 14.7 Å². The number of carbonyl (C=O) groups is 2. The van der Waals surface area contributed by atoms with Crippen molar-refractivity contribution in [2.75, 3.05) is 32.7 Å². The lowest BCUT2D eigenvalue weighted by atomic mass is 10.1. The summed E-state index contributed by atoms with van der Waals surface area (Å²) in [7, 11) is 0. The highest BCUT2D eigenvalue weighted by Gasteiger charge is 2.22. The lowest BCUT2D eigenvalue weighted by molar-refractivity contribution is -0.142. The van der Waals surface area contributed by atoms with Crippen molar-refractivity contribution in [2.24, 2.45) is 0 Å². The van der Waals surface area contributed by atoms with Crippen molar-refractivity contribution in [3.05, 3.63) is 35.9 Å². The molecule has 114 valence electrons. The van der Waals surface area contributed by atoms with E-state index in [1.165, 1.54) is 0 Å². The number of hydrogen-bond donors (Lipinski definition) is 3. The van der Waals surface area contributed by atoms with Crippen LogP contribution in [0.3, 0.4) is 0 Å². The fourth-order valence-corrected chi connectivity index (χ4v) is 2.36. The maximum atomic E-state index is 12.0. The SMILES string of the molecule is O=C(CN1CCNCC1)NC(Cc1ccccc1)C(=O)O. The highest BCUT2D eigenvalue weighted by Crippen LogP contribution is 2.04. The molecule has 1 aliphatic rings. The summed E-state index contributed by atoms with van der Waals surface area (Å²) in [5.74, 6) is -1.24. The number of nitrogens with one attached hydrogen (secondary N) is 2. The van der Waals surface area contributed by atoms with Gasteiger partial charge < -0.3 is 15.7 Å². The number of carbonyl (C=O) groups excluding carboxylic acids is 1. The topological polar surface area (TPSA) is 81.7 Å². The number of hydrogen-bond acceptors (Lipinski definition) is 4. The monoisotopic (exact) mass is 291 g/mol. The van der Waals surface area contributed by atoms with Crippen LogP contribution in [0.1, 0.15) is 5.56 Å². The molecule has 1 atom stereocenters. The van der Waals surface area contributed by atoms with E-state index >= 15 is 0 Å². The number of carboxylic acids is 1. The number of carboxylic acid groups (broad SMARTS) is 1. The van der Waals surface area contributed by atoms with Gasteiger partial charge in [0, 0.05) is 32.6 Å². The van der Waals surface area contributed by atoms with Crippen LogP contribution in [0.2, 0.25) is 0 Å². The second kappa shape index (κ2) is 7.75. The zero-order valence-corrected chi connectivity index (χ0v) is 11.9. The van der Waals surface area contributed by atoms with Crippen LogP contribution in [0.25, 0.3) is 0 Å². The van der Waals surface area contributed by atoms with Gasteiger partial charge in [-0.25, -0.2) is 4.79 Å². The van der Waals surface area contributed by atoms with Gasteiger partial charge in [0.2, 0.25) is 5.91 Å². The summed E-state index contributed by atoms with van der Waals surface area (Å²) in [6, 6.07) is 8.43. The largest absolute Gasteiger partial charge is 0.480 e. The highest BCUT2D eigenvalue weighted by molar-refractivity contribution is 5.84. The van der Waals surface area contributed by atoms with E-state index in [-0.39, 0.29) is 12.5 Å². The number of rotatable bonds is 6. The zero-order valence-electron chi connectivity index (χ0n) is 11.9. The quantitative estimate of drug-likeness (QED) is 0.671. The lowest BCUT2D eigenvalue weighted by Crippen LogP contribution is -2.50. The fraction of sp³-hybridized carbons (Fsp3) is 0.467. The first-order valence-corrected chi connectivity index (χ1v) is 7.14. The molecular formula is C15H21N3O3. The first kappa shape index (κ1) is 15.5. The van der Waals surface area contributed by atoms with E-state index in [0.717, 1.165) is 31.7 Å². The van der Waals surface area contributed by atoms with E-state index in [1.54, 1.807) is 0 Å². The van der Waals surface area contributed by atoms with Crippen molar-refractivity contribution in [3.8, 4) is 0 Å². The van der Waals surface area contributed by atoms with Gasteiger partial charge >= 0.3 is 5.97 Å². The van der Waals surface area contributed by atoms with Gasteiger partial charge in [-0.05, 0) is 5.56 Å². The van der Waals surface area contributed by atoms with Crippen LogP contribution in [0.5, 0.6) is 0 Å². The average molecular weight is 291 g/mol. The van der Waals surface area contributed by atoms with Crippen LogP contribution in [-0.4, -0.2) is 60.6 Å². The minimum atomic E-state index is -1.01. The molecule has 0 bridgehead atoms. The average Bonchev–Trinajstić information content (AvgIpc) is 2.48. The highest BCUT2D eigenvalue weighted by atomic mass is 16.4. The fourth-order valence-electron chi connectivity index (χ4n) is 2.36. The molecule has 0 aliphatic carbocycles.